The number of aromatic nitrogens is 5. The molecule has 1 unspecified atom stereocenters. The number of nitrogens with zero attached hydrogens (tertiary/aromatic N) is 6. The monoisotopic (exact) mass is 549 g/mol. The summed E-state index contributed by atoms with van der Waals surface area (Å²) >= 11 is 0. The summed E-state index contributed by atoms with van der Waals surface area (Å²) in [6.07, 6.45) is 0.136. The van der Waals surface area contributed by atoms with Gasteiger partial charge in [-0.15, -0.1) is 0 Å². The van der Waals surface area contributed by atoms with Gasteiger partial charge in [-0.3, -0.25) is 9.78 Å². The molecule has 1 aliphatic heterocycles. The van der Waals surface area contributed by atoms with E-state index in [1.165, 1.54) is 4.90 Å². The van der Waals surface area contributed by atoms with Gasteiger partial charge in [0.1, 0.15) is 17.7 Å². The number of Topliss-reactive ketones (excluding diaryl/α,β-unsaturated/α-hetero) is 1. The van der Waals surface area contributed by atoms with E-state index in [0.717, 1.165) is 29.5 Å². The first-order valence-corrected chi connectivity index (χ1v) is 11.5. The number of imidazole rings is 1. The topological polar surface area (TPSA) is 138 Å². The molecule has 0 radical (unpaired) electrons. The maximum absolute atomic E-state index is 15.2. The van der Waals surface area contributed by atoms with Crippen LogP contribution < -0.4 is 21.1 Å². The average Bonchev–Trinajstić information content (AvgIpc) is 3.40. The van der Waals surface area contributed by atoms with Gasteiger partial charge in [-0.05, 0) is 30.5 Å². The average molecular weight is 550 g/mol. The van der Waals surface area contributed by atoms with E-state index < -0.39 is 60.8 Å². The van der Waals surface area contributed by atoms with Gasteiger partial charge in [0.2, 0.25) is 5.78 Å². The number of halogens is 4. The van der Waals surface area contributed by atoms with Crippen LogP contribution in [0.5, 0.6) is 5.75 Å². The van der Waals surface area contributed by atoms with Crippen molar-refractivity contribution < 1.29 is 33.9 Å². The number of nitrogen functional groups attached to an aromatic ring is 1. The smallest absolute Gasteiger partial charge is 0.297 e. The van der Waals surface area contributed by atoms with E-state index in [9.17, 15) is 18.0 Å². The number of hydrogen-bond acceptors (Lipinski definition) is 9. The molecule has 5 rings (SSSR count). The quantitative estimate of drug-likeness (QED) is 0.333. The van der Waals surface area contributed by atoms with Gasteiger partial charge in [-0.2, -0.15) is 0 Å². The van der Waals surface area contributed by atoms with Crippen LogP contribution in [0, 0.1) is 11.6 Å². The number of alkyl halides is 2. The van der Waals surface area contributed by atoms with Crippen LogP contribution in [0.3, 0.4) is 0 Å². The molecule has 1 aliphatic rings. The van der Waals surface area contributed by atoms with Gasteiger partial charge in [0, 0.05) is 24.7 Å². The van der Waals surface area contributed by atoms with Gasteiger partial charge in [0.05, 0.1) is 49.8 Å². The lowest BCUT2D eigenvalue weighted by atomic mass is 9.85. The summed E-state index contributed by atoms with van der Waals surface area (Å²) in [5.74, 6) is -4.74. The van der Waals surface area contributed by atoms with Crippen LogP contribution in [0.2, 0.25) is 0 Å². The van der Waals surface area contributed by atoms with Gasteiger partial charge in [-0.25, -0.2) is 32.5 Å². The van der Waals surface area contributed by atoms with Gasteiger partial charge < -0.3 is 25.7 Å². The van der Waals surface area contributed by atoms with Crippen molar-refractivity contribution in [2.24, 2.45) is 5.73 Å². The lowest BCUT2D eigenvalue weighted by Gasteiger charge is -2.40. The van der Waals surface area contributed by atoms with Crippen LogP contribution in [0.4, 0.5) is 29.1 Å². The van der Waals surface area contributed by atoms with Crippen molar-refractivity contribution in [3.8, 4) is 17.0 Å². The van der Waals surface area contributed by atoms with Crippen molar-refractivity contribution in [3.05, 3.63) is 54.2 Å². The summed E-state index contributed by atoms with van der Waals surface area (Å²) in [4.78, 5) is 29.9. The van der Waals surface area contributed by atoms with Crippen LogP contribution >= 0.6 is 0 Å². The number of methoxy groups -OCH3 is 1. The number of rotatable bonds is 7. The zero-order chi connectivity index (χ0) is 32.2. The Morgan fingerprint density at radius 3 is 2.82 bits per heavy atom. The Balaban J connectivity index is 1.68. The van der Waals surface area contributed by atoms with Crippen molar-refractivity contribution in [2.45, 2.75) is 31.3 Å². The van der Waals surface area contributed by atoms with Crippen molar-refractivity contribution in [1.29, 1.82) is 0 Å². The predicted molar refractivity (Wildman–Crippen MR) is 134 cm³/mol. The molecular weight excluding hydrogens is 520 g/mol. The van der Waals surface area contributed by atoms with Crippen molar-refractivity contribution in [3.63, 3.8) is 0 Å². The third kappa shape index (κ3) is 4.82. The third-order valence-electron chi connectivity index (χ3n) is 6.45. The van der Waals surface area contributed by atoms with E-state index >= 15 is 4.39 Å². The standard InChI is InChI=1S/C25H24F4N8O2/c1-39-19-7-15(26)14(6-16(19)27)17-5-13(9-37-12-35-20-23(30)33-11-34-24(20)37)18(8-32-17)36-4-2-3-25(31,10-36)21(38)22(28)29/h5-8,11-12,22H,2-4,9-10,31H2,1H3,(H2,30,33,34)/i1D3,9D2. The predicted octanol–water partition coefficient (Wildman–Crippen LogP) is 2.94. The number of carbonyl (C=O) groups excluding carboxylic acids is 1. The first-order chi connectivity index (χ1) is 20.5. The van der Waals surface area contributed by atoms with Crippen LogP contribution in [-0.2, 0) is 11.3 Å². The number of anilines is 2. The Morgan fingerprint density at radius 2 is 2.05 bits per heavy atom. The molecule has 4 N–H and O–H groups in total. The summed E-state index contributed by atoms with van der Waals surface area (Å²) in [7, 11) is -3.06. The highest BCUT2D eigenvalue weighted by molar-refractivity contribution is 5.92. The Bertz CT molecular complexity index is 1760. The number of piperidine rings is 1. The first kappa shape index (κ1) is 20.6. The normalized spacial score (nSPS) is 20.3. The highest BCUT2D eigenvalue weighted by Gasteiger charge is 2.43. The van der Waals surface area contributed by atoms with Gasteiger partial charge in [0.15, 0.2) is 23.0 Å². The van der Waals surface area contributed by atoms with Crippen LogP contribution in [0.25, 0.3) is 22.4 Å². The molecule has 10 nitrogen and oxygen atoms in total. The number of fused-ring (bicyclic) bond motifs is 1. The van der Waals surface area contributed by atoms with E-state index in [2.05, 4.69) is 24.7 Å². The Labute approximate surface area is 226 Å². The number of nitrogens with two attached hydrogens (primary N) is 2. The number of hydrogen-bond donors (Lipinski definition) is 2. The fraction of sp³-hybridized carbons (Fsp3) is 0.320. The molecule has 1 aromatic carbocycles. The van der Waals surface area contributed by atoms with Crippen LogP contribution in [0.1, 0.15) is 25.3 Å². The summed E-state index contributed by atoms with van der Waals surface area (Å²) in [6, 6.07) is 2.27. The molecule has 0 bridgehead atoms. The molecule has 0 saturated carbocycles. The number of ether oxygens (including phenoxy) is 1. The first-order valence-electron chi connectivity index (χ1n) is 14.0. The fourth-order valence-corrected chi connectivity index (χ4v) is 4.51. The summed E-state index contributed by atoms with van der Waals surface area (Å²) in [5, 5.41) is 0. The zero-order valence-corrected chi connectivity index (χ0v) is 20.0. The van der Waals surface area contributed by atoms with Crippen LogP contribution in [0.15, 0.2) is 37.1 Å². The van der Waals surface area contributed by atoms with Gasteiger partial charge >= 0.3 is 0 Å². The maximum Gasteiger partial charge on any atom is 0.297 e. The fourth-order valence-electron chi connectivity index (χ4n) is 4.51. The van der Waals surface area contributed by atoms with Crippen molar-refractivity contribution in [2.75, 3.05) is 30.8 Å². The molecule has 14 heteroatoms. The molecule has 4 heterocycles. The maximum atomic E-state index is 15.2. The largest absolute Gasteiger partial charge is 0.494 e. The molecule has 0 amide bonds. The summed E-state index contributed by atoms with van der Waals surface area (Å²) in [5.41, 5.74) is 9.13. The summed E-state index contributed by atoms with van der Waals surface area (Å²) < 4.78 is 102. The SMILES string of the molecule is [2H]C([2H])([2H])Oc1cc(F)c(-c2cc(C([2H])([2H])n3cnc4c(N)ncnc43)c(N3CCCC(N)(C(=O)C(F)F)C3)cn2)cc1F. The second kappa shape index (κ2) is 10.1. The Hall–Kier alpha value is -4.33. The van der Waals surface area contributed by atoms with E-state index in [0.29, 0.717) is 12.1 Å². The van der Waals surface area contributed by atoms with Crippen molar-refractivity contribution >= 4 is 28.5 Å². The Kier molecular flexibility index (Phi) is 5.33. The third-order valence-corrected chi connectivity index (χ3v) is 6.45. The minimum Gasteiger partial charge on any atom is -0.494 e. The van der Waals surface area contributed by atoms with E-state index in [-0.39, 0.29) is 53.3 Å². The van der Waals surface area contributed by atoms with Crippen LogP contribution in [-0.4, -0.2) is 62.4 Å². The zero-order valence-electron chi connectivity index (χ0n) is 25.0. The molecule has 4 aromatic rings. The second-order valence-corrected chi connectivity index (χ2v) is 8.95. The lowest BCUT2D eigenvalue weighted by molar-refractivity contribution is -0.135. The molecule has 204 valence electrons. The molecule has 0 aliphatic carbocycles. The number of benzene rings is 1. The molecule has 1 saturated heterocycles. The van der Waals surface area contributed by atoms with E-state index in [1.807, 2.05) is 0 Å². The molecule has 1 atom stereocenters. The molecule has 39 heavy (non-hydrogen) atoms. The van der Waals surface area contributed by atoms with E-state index in [4.69, 9.17) is 18.3 Å². The minimum atomic E-state index is -3.33. The Morgan fingerprint density at radius 1 is 1.23 bits per heavy atom. The number of ketones is 1. The second-order valence-electron chi connectivity index (χ2n) is 8.95. The summed E-state index contributed by atoms with van der Waals surface area (Å²) in [6.45, 7) is -2.82. The molecule has 3 aromatic heterocycles. The minimum absolute atomic E-state index is 0.0162. The lowest BCUT2D eigenvalue weighted by Crippen LogP contribution is -2.61. The molecule has 0 spiro atoms. The highest BCUT2D eigenvalue weighted by atomic mass is 19.3. The van der Waals surface area contributed by atoms with Gasteiger partial charge in [-0.1, -0.05) is 0 Å². The molecular formula is C25H24F4N8O2. The van der Waals surface area contributed by atoms with E-state index in [1.54, 1.807) is 0 Å². The number of carbonyl (C=O) groups is 1. The van der Waals surface area contributed by atoms with Crippen molar-refractivity contribution in [1.82, 2.24) is 24.5 Å². The van der Waals surface area contributed by atoms with Gasteiger partial charge in [0.25, 0.3) is 6.43 Å². The number of pyridine rings is 1. The molecule has 1 fully saturated rings. The highest BCUT2D eigenvalue weighted by Crippen LogP contribution is 2.34.